The number of carbonyl (C=O) groups is 1. The van der Waals surface area contributed by atoms with Crippen LogP contribution in [0, 0.1) is 0 Å². The molecule has 3 nitrogen and oxygen atoms in total. The Hall–Kier alpha value is -0.990. The molecule has 3 heteroatoms. The summed E-state index contributed by atoms with van der Waals surface area (Å²) in [5.41, 5.74) is 4.91. The number of amides is 2. The number of unbranched alkanes of at least 4 members (excludes halogenated alkanes) is 8. The zero-order chi connectivity index (χ0) is 12.1. The molecule has 0 fully saturated rings. The number of nitrogens with one attached hydrogen (secondary N) is 1. The van der Waals surface area contributed by atoms with Crippen LogP contribution >= 0.6 is 0 Å². The van der Waals surface area contributed by atoms with E-state index in [1.165, 1.54) is 51.4 Å². The molecule has 0 rings (SSSR count). The van der Waals surface area contributed by atoms with Crippen molar-refractivity contribution in [3.8, 4) is 0 Å². The van der Waals surface area contributed by atoms with Crippen molar-refractivity contribution in [3.63, 3.8) is 0 Å². The van der Waals surface area contributed by atoms with E-state index in [9.17, 15) is 4.79 Å². The molecule has 0 aromatic heterocycles. The fourth-order valence-corrected chi connectivity index (χ4v) is 1.62. The molecule has 0 bridgehead atoms. The molecule has 0 heterocycles. The summed E-state index contributed by atoms with van der Waals surface area (Å²) in [6, 6.07) is -0.493. The Labute approximate surface area is 99.5 Å². The number of urea groups is 1. The van der Waals surface area contributed by atoms with Crippen molar-refractivity contribution >= 4 is 6.03 Å². The summed E-state index contributed by atoms with van der Waals surface area (Å²) in [5.74, 6) is 0. The normalized spacial score (nSPS) is 10.8. The van der Waals surface area contributed by atoms with Gasteiger partial charge in [-0.2, -0.15) is 0 Å². The topological polar surface area (TPSA) is 55.1 Å². The number of hydrogen-bond acceptors (Lipinski definition) is 1. The molecule has 0 atom stereocenters. The van der Waals surface area contributed by atoms with Crippen LogP contribution in [0.15, 0.2) is 12.3 Å². The van der Waals surface area contributed by atoms with Gasteiger partial charge in [0.1, 0.15) is 0 Å². The first-order chi connectivity index (χ1) is 7.77. The van der Waals surface area contributed by atoms with Crippen LogP contribution in [0.2, 0.25) is 0 Å². The van der Waals surface area contributed by atoms with Crippen molar-refractivity contribution in [2.45, 2.75) is 64.7 Å². The number of hydrogen-bond donors (Lipinski definition) is 2. The first-order valence-corrected chi connectivity index (χ1v) is 6.48. The number of allylic oxidation sites excluding steroid dienone is 1. The van der Waals surface area contributed by atoms with Crippen LogP contribution in [-0.2, 0) is 0 Å². The highest BCUT2D eigenvalue weighted by Gasteiger charge is 1.90. The van der Waals surface area contributed by atoms with Crippen LogP contribution in [-0.4, -0.2) is 6.03 Å². The predicted molar refractivity (Wildman–Crippen MR) is 69.1 cm³/mol. The van der Waals surface area contributed by atoms with Gasteiger partial charge in [0.2, 0.25) is 0 Å². The van der Waals surface area contributed by atoms with Gasteiger partial charge in [-0.3, -0.25) is 0 Å². The number of carbonyl (C=O) groups excluding carboxylic acids is 1. The second-order valence-electron chi connectivity index (χ2n) is 4.17. The van der Waals surface area contributed by atoms with Crippen LogP contribution in [0.3, 0.4) is 0 Å². The van der Waals surface area contributed by atoms with E-state index in [2.05, 4.69) is 12.2 Å². The van der Waals surface area contributed by atoms with E-state index in [4.69, 9.17) is 5.73 Å². The molecule has 0 aliphatic carbocycles. The fraction of sp³-hybridized carbons (Fsp3) is 0.769. The van der Waals surface area contributed by atoms with E-state index in [-0.39, 0.29) is 0 Å². The molecule has 3 N–H and O–H groups in total. The van der Waals surface area contributed by atoms with E-state index in [1.807, 2.05) is 6.08 Å². The van der Waals surface area contributed by atoms with Gasteiger partial charge in [-0.15, -0.1) is 0 Å². The quantitative estimate of drug-likeness (QED) is 0.548. The Morgan fingerprint density at radius 2 is 1.62 bits per heavy atom. The van der Waals surface area contributed by atoms with Crippen molar-refractivity contribution in [1.82, 2.24) is 5.32 Å². The van der Waals surface area contributed by atoms with Gasteiger partial charge in [0.05, 0.1) is 0 Å². The SMILES string of the molecule is CCCCCCCCCCC=CNC(N)=O. The molecule has 0 saturated heterocycles. The fourth-order valence-electron chi connectivity index (χ4n) is 1.62. The average Bonchev–Trinajstić information content (AvgIpc) is 2.25. The predicted octanol–water partition coefficient (Wildman–Crippen LogP) is 3.70. The van der Waals surface area contributed by atoms with Crippen molar-refractivity contribution in [2.24, 2.45) is 5.73 Å². The maximum absolute atomic E-state index is 10.3. The standard InChI is InChI=1S/C13H26N2O/c1-2-3-4-5-6-7-8-9-10-11-12-15-13(14)16/h11-12H,2-10H2,1H3,(H3,14,15,16). The highest BCUT2D eigenvalue weighted by Crippen LogP contribution is 2.09. The molecule has 0 aromatic carbocycles. The summed E-state index contributed by atoms with van der Waals surface area (Å²) < 4.78 is 0. The molecule has 0 unspecified atom stereocenters. The average molecular weight is 226 g/mol. The molecule has 94 valence electrons. The van der Waals surface area contributed by atoms with Crippen molar-refractivity contribution < 1.29 is 4.79 Å². The van der Waals surface area contributed by atoms with E-state index >= 15 is 0 Å². The summed E-state index contributed by atoms with van der Waals surface area (Å²) in [7, 11) is 0. The van der Waals surface area contributed by atoms with Gasteiger partial charge in [-0.05, 0) is 12.8 Å². The third-order valence-corrected chi connectivity index (χ3v) is 2.57. The largest absolute Gasteiger partial charge is 0.351 e. The maximum Gasteiger partial charge on any atom is 0.316 e. The third-order valence-electron chi connectivity index (χ3n) is 2.57. The lowest BCUT2D eigenvalue weighted by atomic mass is 10.1. The Balaban J connectivity index is 3.03. The van der Waals surface area contributed by atoms with Crippen molar-refractivity contribution in [3.05, 3.63) is 12.3 Å². The Bertz CT molecular complexity index is 190. The van der Waals surface area contributed by atoms with E-state index in [0.717, 1.165) is 6.42 Å². The Morgan fingerprint density at radius 3 is 2.19 bits per heavy atom. The van der Waals surface area contributed by atoms with Crippen LogP contribution < -0.4 is 11.1 Å². The lowest BCUT2D eigenvalue weighted by molar-refractivity contribution is 0.252. The molecule has 0 aliphatic rings. The minimum Gasteiger partial charge on any atom is -0.351 e. The van der Waals surface area contributed by atoms with Crippen LogP contribution in [0.1, 0.15) is 64.7 Å². The zero-order valence-corrected chi connectivity index (χ0v) is 10.5. The van der Waals surface area contributed by atoms with Gasteiger partial charge in [0.15, 0.2) is 0 Å². The number of rotatable bonds is 10. The molecule has 0 aromatic rings. The first kappa shape index (κ1) is 15.0. The molecular formula is C13H26N2O. The summed E-state index contributed by atoms with van der Waals surface area (Å²) in [4.78, 5) is 10.3. The van der Waals surface area contributed by atoms with Crippen LogP contribution in [0.5, 0.6) is 0 Å². The van der Waals surface area contributed by atoms with Crippen molar-refractivity contribution in [1.29, 1.82) is 0 Å². The Kier molecular flexibility index (Phi) is 11.3. The highest BCUT2D eigenvalue weighted by molar-refractivity contribution is 5.72. The van der Waals surface area contributed by atoms with Gasteiger partial charge >= 0.3 is 6.03 Å². The second-order valence-corrected chi connectivity index (χ2v) is 4.17. The summed E-state index contributed by atoms with van der Waals surface area (Å²) in [5, 5.41) is 2.43. The summed E-state index contributed by atoms with van der Waals surface area (Å²) in [6.07, 6.45) is 15.3. The third kappa shape index (κ3) is 13.0. The number of primary amides is 1. The van der Waals surface area contributed by atoms with Gasteiger partial charge in [0, 0.05) is 6.20 Å². The van der Waals surface area contributed by atoms with Crippen LogP contribution in [0.25, 0.3) is 0 Å². The Morgan fingerprint density at radius 1 is 1.06 bits per heavy atom. The summed E-state index contributed by atoms with van der Waals surface area (Å²) >= 11 is 0. The maximum atomic E-state index is 10.3. The second kappa shape index (κ2) is 12.1. The number of nitrogens with two attached hydrogens (primary N) is 1. The molecular weight excluding hydrogens is 200 g/mol. The van der Waals surface area contributed by atoms with Gasteiger partial charge < -0.3 is 11.1 Å². The molecule has 16 heavy (non-hydrogen) atoms. The minimum absolute atomic E-state index is 0.493. The lowest BCUT2D eigenvalue weighted by Crippen LogP contribution is -2.23. The van der Waals surface area contributed by atoms with Crippen molar-refractivity contribution in [2.75, 3.05) is 0 Å². The minimum atomic E-state index is -0.493. The van der Waals surface area contributed by atoms with Crippen LogP contribution in [0.4, 0.5) is 4.79 Å². The van der Waals surface area contributed by atoms with E-state index in [0.29, 0.717) is 0 Å². The first-order valence-electron chi connectivity index (χ1n) is 6.48. The molecule has 0 radical (unpaired) electrons. The molecule has 0 spiro atoms. The highest BCUT2D eigenvalue weighted by atomic mass is 16.2. The molecule has 0 saturated carbocycles. The monoisotopic (exact) mass is 226 g/mol. The lowest BCUT2D eigenvalue weighted by Gasteiger charge is -1.99. The molecule has 2 amide bonds. The summed E-state index contributed by atoms with van der Waals surface area (Å²) in [6.45, 7) is 2.24. The zero-order valence-electron chi connectivity index (χ0n) is 10.5. The smallest absolute Gasteiger partial charge is 0.316 e. The van der Waals surface area contributed by atoms with Gasteiger partial charge in [-0.1, -0.05) is 57.9 Å². The van der Waals surface area contributed by atoms with E-state index in [1.54, 1.807) is 6.20 Å². The van der Waals surface area contributed by atoms with E-state index < -0.39 is 6.03 Å². The van der Waals surface area contributed by atoms with Gasteiger partial charge in [-0.25, -0.2) is 4.79 Å². The van der Waals surface area contributed by atoms with Gasteiger partial charge in [0.25, 0.3) is 0 Å². The molecule has 0 aliphatic heterocycles.